The molecule has 1 aromatic rings. The van der Waals surface area contributed by atoms with Crippen LogP contribution in [0.25, 0.3) is 0 Å². The van der Waals surface area contributed by atoms with Crippen LogP contribution in [0.2, 0.25) is 0 Å². The third-order valence-electron chi connectivity index (χ3n) is 3.25. The van der Waals surface area contributed by atoms with Crippen LogP contribution in [-0.2, 0) is 0 Å². The predicted molar refractivity (Wildman–Crippen MR) is 68.9 cm³/mol. The van der Waals surface area contributed by atoms with Crippen molar-refractivity contribution in [2.24, 2.45) is 0 Å². The Morgan fingerprint density at radius 2 is 2.00 bits per heavy atom. The minimum atomic E-state index is -1.19. The van der Waals surface area contributed by atoms with Gasteiger partial charge >= 0.3 is 0 Å². The molecule has 1 aliphatic rings. The highest BCUT2D eigenvalue weighted by Gasteiger charge is 2.30. The maximum Gasteiger partial charge on any atom is 0.167 e. The largest absolute Gasteiger partial charge is 0.506 e. The fourth-order valence-corrected chi connectivity index (χ4v) is 2.67. The Morgan fingerprint density at radius 3 is 2.58 bits per heavy atom. The molecule has 3 nitrogen and oxygen atoms in total. The average molecular weight is 339 g/mol. The maximum atomic E-state index is 13.9. The van der Waals surface area contributed by atoms with Crippen LogP contribution in [0.1, 0.15) is 11.6 Å². The third-order valence-corrected chi connectivity index (χ3v) is 3.86. The zero-order valence-electron chi connectivity index (χ0n) is 10.1. The van der Waals surface area contributed by atoms with Gasteiger partial charge in [-0.2, -0.15) is 0 Å². The molecule has 0 spiro atoms. The summed E-state index contributed by atoms with van der Waals surface area (Å²) in [6.07, 6.45) is 0. The molecule has 0 unspecified atom stereocenters. The molecule has 1 saturated heterocycles. The van der Waals surface area contributed by atoms with Gasteiger partial charge in [0.1, 0.15) is 12.4 Å². The van der Waals surface area contributed by atoms with Gasteiger partial charge in [0.25, 0.3) is 0 Å². The molecule has 106 valence electrons. The number of alkyl halides is 1. The molecule has 1 aromatic carbocycles. The lowest BCUT2D eigenvalue weighted by molar-refractivity contribution is 0.141. The van der Waals surface area contributed by atoms with Gasteiger partial charge in [-0.1, -0.05) is 0 Å². The van der Waals surface area contributed by atoms with Crippen molar-refractivity contribution >= 4 is 15.9 Å². The molecule has 0 aliphatic carbocycles. The topological polar surface area (TPSA) is 35.5 Å². The van der Waals surface area contributed by atoms with Crippen molar-refractivity contribution < 1.29 is 18.3 Å². The summed E-state index contributed by atoms with van der Waals surface area (Å²) in [4.78, 5) is 1.69. The molecule has 19 heavy (non-hydrogen) atoms. The summed E-state index contributed by atoms with van der Waals surface area (Å²) < 4.78 is 40.6. The molecule has 0 radical (unpaired) electrons. The molecule has 7 heteroatoms. The molecule has 0 aromatic heterocycles. The monoisotopic (exact) mass is 338 g/mol. The standard InChI is InChI=1S/C12H14BrF3N2O/c13-7-5-8(15)11(16)10(12(7)19)9(6-14)18-3-1-17-2-4-18/h5,9,17,19H,1-4,6H2/t9-/m0/s1. The number of phenolic OH excluding ortho intramolecular Hbond substituents is 1. The van der Waals surface area contributed by atoms with E-state index in [0.717, 1.165) is 6.07 Å². The second kappa shape index (κ2) is 6.11. The summed E-state index contributed by atoms with van der Waals surface area (Å²) in [5.41, 5.74) is -0.323. The lowest BCUT2D eigenvalue weighted by Gasteiger charge is -2.34. The molecule has 1 atom stereocenters. The minimum absolute atomic E-state index is 0.0231. The van der Waals surface area contributed by atoms with Crippen molar-refractivity contribution in [2.45, 2.75) is 6.04 Å². The van der Waals surface area contributed by atoms with Crippen LogP contribution in [0.15, 0.2) is 10.5 Å². The fourth-order valence-electron chi connectivity index (χ4n) is 2.26. The van der Waals surface area contributed by atoms with Gasteiger partial charge in [-0.3, -0.25) is 4.90 Å². The number of phenols is 1. The highest BCUT2D eigenvalue weighted by molar-refractivity contribution is 9.10. The SMILES string of the molecule is Oc1c(Br)cc(F)c(F)c1[C@H](CF)N1CCNCC1. The van der Waals surface area contributed by atoms with E-state index >= 15 is 0 Å². The summed E-state index contributed by atoms with van der Waals surface area (Å²) in [5.74, 6) is -2.74. The fraction of sp³-hybridized carbons (Fsp3) is 0.500. The van der Waals surface area contributed by atoms with Crippen LogP contribution in [0.4, 0.5) is 13.2 Å². The zero-order chi connectivity index (χ0) is 14.0. The van der Waals surface area contributed by atoms with Crippen molar-refractivity contribution in [3.63, 3.8) is 0 Å². The van der Waals surface area contributed by atoms with Gasteiger partial charge in [0, 0.05) is 26.2 Å². The van der Waals surface area contributed by atoms with E-state index in [-0.39, 0.29) is 10.0 Å². The summed E-state index contributed by atoms with van der Waals surface area (Å²) in [6.45, 7) is 1.44. The van der Waals surface area contributed by atoms with Gasteiger partial charge in [-0.05, 0) is 22.0 Å². The molecule has 1 aliphatic heterocycles. The van der Waals surface area contributed by atoms with E-state index < -0.39 is 30.1 Å². The van der Waals surface area contributed by atoms with Crippen LogP contribution >= 0.6 is 15.9 Å². The lowest BCUT2D eigenvalue weighted by Crippen LogP contribution is -2.46. The van der Waals surface area contributed by atoms with Crippen LogP contribution in [0.5, 0.6) is 5.75 Å². The molecule has 0 bridgehead atoms. The number of nitrogens with one attached hydrogen (secondary N) is 1. The van der Waals surface area contributed by atoms with Crippen molar-refractivity contribution in [2.75, 3.05) is 32.9 Å². The van der Waals surface area contributed by atoms with E-state index in [0.29, 0.717) is 26.2 Å². The number of piperazine rings is 1. The Kier molecular flexibility index (Phi) is 4.70. The van der Waals surface area contributed by atoms with Crippen molar-refractivity contribution in [3.05, 3.63) is 27.7 Å². The average Bonchev–Trinajstić information content (AvgIpc) is 2.42. The molecule has 1 heterocycles. The number of aromatic hydroxyl groups is 1. The second-order valence-electron chi connectivity index (χ2n) is 4.37. The molecule has 2 rings (SSSR count). The van der Waals surface area contributed by atoms with Crippen LogP contribution in [0, 0.1) is 11.6 Å². The first kappa shape index (κ1) is 14.6. The first-order valence-electron chi connectivity index (χ1n) is 5.93. The maximum absolute atomic E-state index is 13.9. The Bertz CT molecular complexity index is 441. The van der Waals surface area contributed by atoms with Gasteiger partial charge in [-0.15, -0.1) is 0 Å². The smallest absolute Gasteiger partial charge is 0.167 e. The highest BCUT2D eigenvalue weighted by atomic mass is 79.9. The van der Waals surface area contributed by atoms with E-state index in [1.54, 1.807) is 4.90 Å². The highest BCUT2D eigenvalue weighted by Crippen LogP contribution is 2.38. The molecular formula is C12H14BrF3N2O. The van der Waals surface area contributed by atoms with Gasteiger partial charge in [0.2, 0.25) is 0 Å². The van der Waals surface area contributed by atoms with E-state index in [9.17, 15) is 18.3 Å². The number of nitrogens with zero attached hydrogens (tertiary/aromatic N) is 1. The van der Waals surface area contributed by atoms with E-state index in [4.69, 9.17) is 0 Å². The Morgan fingerprint density at radius 1 is 1.37 bits per heavy atom. The molecule has 0 saturated carbocycles. The van der Waals surface area contributed by atoms with Crippen molar-refractivity contribution in [1.29, 1.82) is 0 Å². The van der Waals surface area contributed by atoms with Crippen LogP contribution < -0.4 is 5.32 Å². The zero-order valence-corrected chi connectivity index (χ0v) is 11.7. The molecule has 2 N–H and O–H groups in total. The number of benzene rings is 1. The lowest BCUT2D eigenvalue weighted by atomic mass is 10.0. The van der Waals surface area contributed by atoms with E-state index in [1.165, 1.54) is 0 Å². The predicted octanol–water partition coefficient (Wildman–Crippen LogP) is 2.35. The molecular weight excluding hydrogens is 325 g/mol. The number of hydrogen-bond donors (Lipinski definition) is 2. The van der Waals surface area contributed by atoms with Gasteiger partial charge in [0.05, 0.1) is 16.1 Å². The summed E-state index contributed by atoms with van der Waals surface area (Å²) >= 11 is 2.94. The summed E-state index contributed by atoms with van der Waals surface area (Å²) in [6, 6.07) is -0.143. The summed E-state index contributed by atoms with van der Waals surface area (Å²) in [5, 5.41) is 13.0. The van der Waals surface area contributed by atoms with E-state index in [2.05, 4.69) is 21.2 Å². The van der Waals surface area contributed by atoms with E-state index in [1.807, 2.05) is 0 Å². The first-order chi connectivity index (χ1) is 9.06. The Labute approximate surface area is 117 Å². The number of rotatable bonds is 3. The van der Waals surface area contributed by atoms with Gasteiger partial charge in [0.15, 0.2) is 11.6 Å². The van der Waals surface area contributed by atoms with Gasteiger partial charge < -0.3 is 10.4 Å². The van der Waals surface area contributed by atoms with Gasteiger partial charge in [-0.25, -0.2) is 13.2 Å². The van der Waals surface area contributed by atoms with Crippen LogP contribution in [0.3, 0.4) is 0 Å². The summed E-state index contributed by atoms with van der Waals surface area (Å²) in [7, 11) is 0. The quantitative estimate of drug-likeness (QED) is 0.830. The van der Waals surface area contributed by atoms with Crippen LogP contribution in [-0.4, -0.2) is 42.9 Å². The van der Waals surface area contributed by atoms with Crippen molar-refractivity contribution in [1.82, 2.24) is 10.2 Å². The third kappa shape index (κ3) is 2.88. The Hall–Kier alpha value is -0.790. The van der Waals surface area contributed by atoms with Crippen molar-refractivity contribution in [3.8, 4) is 5.75 Å². The number of halogens is 4. The minimum Gasteiger partial charge on any atom is -0.506 e. The molecule has 0 amide bonds. The Balaban J connectivity index is 2.42. The normalized spacial score (nSPS) is 18.5. The first-order valence-corrected chi connectivity index (χ1v) is 6.72. The number of hydrogen-bond acceptors (Lipinski definition) is 3. The second-order valence-corrected chi connectivity index (χ2v) is 5.23. The molecule has 1 fully saturated rings.